The summed E-state index contributed by atoms with van der Waals surface area (Å²) in [7, 11) is 0. The fourth-order valence-corrected chi connectivity index (χ4v) is 3.17. The number of benzene rings is 2. The molecule has 26 heavy (non-hydrogen) atoms. The fraction of sp³-hybridized carbons (Fsp3) is 0.286. The van der Waals surface area contributed by atoms with Crippen molar-refractivity contribution in [3.05, 3.63) is 65.2 Å². The van der Waals surface area contributed by atoms with Crippen LogP contribution in [0.5, 0.6) is 0 Å². The smallest absolute Gasteiger partial charge is 0.311 e. The van der Waals surface area contributed by atoms with Gasteiger partial charge in [-0.05, 0) is 25.5 Å². The lowest BCUT2D eigenvalue weighted by molar-refractivity contribution is -0.147. The Labute approximate surface area is 152 Å². The van der Waals surface area contributed by atoms with Gasteiger partial charge < -0.3 is 9.64 Å². The van der Waals surface area contributed by atoms with Gasteiger partial charge in [0.2, 0.25) is 5.91 Å². The third-order valence-electron chi connectivity index (χ3n) is 4.54. The van der Waals surface area contributed by atoms with Crippen LogP contribution in [0.15, 0.2) is 48.5 Å². The summed E-state index contributed by atoms with van der Waals surface area (Å²) in [6, 6.07) is 14.5. The van der Waals surface area contributed by atoms with Gasteiger partial charge in [-0.3, -0.25) is 14.4 Å². The third-order valence-corrected chi connectivity index (χ3v) is 4.54. The maximum Gasteiger partial charge on any atom is 0.311 e. The number of amides is 1. The highest BCUT2D eigenvalue weighted by atomic mass is 16.5. The van der Waals surface area contributed by atoms with Crippen LogP contribution < -0.4 is 4.90 Å². The summed E-state index contributed by atoms with van der Waals surface area (Å²) < 4.78 is 5.16. The van der Waals surface area contributed by atoms with E-state index in [4.69, 9.17) is 4.74 Å². The molecule has 1 saturated heterocycles. The molecule has 1 atom stereocenters. The highest BCUT2D eigenvalue weighted by Gasteiger charge is 2.36. The van der Waals surface area contributed by atoms with E-state index in [-0.39, 0.29) is 31.3 Å². The molecule has 1 fully saturated rings. The van der Waals surface area contributed by atoms with Gasteiger partial charge in [0.25, 0.3) is 0 Å². The van der Waals surface area contributed by atoms with E-state index < -0.39 is 11.9 Å². The quantitative estimate of drug-likeness (QED) is 0.613. The van der Waals surface area contributed by atoms with E-state index in [0.717, 1.165) is 16.8 Å². The van der Waals surface area contributed by atoms with Crippen molar-refractivity contribution in [3.63, 3.8) is 0 Å². The summed E-state index contributed by atoms with van der Waals surface area (Å²) >= 11 is 0. The van der Waals surface area contributed by atoms with Gasteiger partial charge in [-0.15, -0.1) is 0 Å². The van der Waals surface area contributed by atoms with Crippen molar-refractivity contribution in [2.45, 2.75) is 20.3 Å². The second-order valence-corrected chi connectivity index (χ2v) is 6.59. The molecular formula is C21H21NO4. The summed E-state index contributed by atoms with van der Waals surface area (Å²) in [5.41, 5.74) is 3.43. The van der Waals surface area contributed by atoms with Gasteiger partial charge in [-0.1, -0.05) is 48.0 Å². The first-order chi connectivity index (χ1) is 12.5. The number of rotatable bonds is 5. The Morgan fingerprint density at radius 1 is 1.12 bits per heavy atom. The molecule has 3 rings (SSSR count). The molecule has 0 bridgehead atoms. The second kappa shape index (κ2) is 7.52. The van der Waals surface area contributed by atoms with Gasteiger partial charge in [-0.25, -0.2) is 0 Å². The van der Waals surface area contributed by atoms with Crippen LogP contribution in [0.2, 0.25) is 0 Å². The molecule has 0 unspecified atom stereocenters. The molecule has 5 heteroatoms. The average molecular weight is 351 g/mol. The van der Waals surface area contributed by atoms with Crippen LogP contribution in [0, 0.1) is 19.8 Å². The molecule has 0 radical (unpaired) electrons. The zero-order valence-corrected chi connectivity index (χ0v) is 14.9. The van der Waals surface area contributed by atoms with Gasteiger partial charge in [0.05, 0.1) is 5.92 Å². The van der Waals surface area contributed by atoms with E-state index in [1.54, 1.807) is 29.2 Å². The van der Waals surface area contributed by atoms with E-state index in [2.05, 4.69) is 0 Å². The Morgan fingerprint density at radius 3 is 2.54 bits per heavy atom. The van der Waals surface area contributed by atoms with Crippen LogP contribution in [-0.2, 0) is 14.3 Å². The average Bonchev–Trinajstić information content (AvgIpc) is 3.02. The third kappa shape index (κ3) is 3.82. The Balaban J connectivity index is 1.61. The van der Waals surface area contributed by atoms with Crippen molar-refractivity contribution in [3.8, 4) is 0 Å². The zero-order valence-electron chi connectivity index (χ0n) is 14.9. The van der Waals surface area contributed by atoms with Crippen LogP contribution in [0.4, 0.5) is 5.69 Å². The molecule has 2 aromatic carbocycles. The van der Waals surface area contributed by atoms with E-state index >= 15 is 0 Å². The zero-order chi connectivity index (χ0) is 18.7. The predicted molar refractivity (Wildman–Crippen MR) is 98.1 cm³/mol. The van der Waals surface area contributed by atoms with Gasteiger partial charge >= 0.3 is 5.97 Å². The number of nitrogens with zero attached hydrogens (tertiary/aromatic N) is 1. The number of Topliss-reactive ketones (excluding diaryl/α,β-unsaturated/α-hetero) is 1. The molecule has 2 aromatic rings. The van der Waals surface area contributed by atoms with E-state index in [9.17, 15) is 14.4 Å². The van der Waals surface area contributed by atoms with Gasteiger partial charge in [0.15, 0.2) is 12.4 Å². The number of aryl methyl sites for hydroxylation is 2. The first kappa shape index (κ1) is 17.9. The van der Waals surface area contributed by atoms with Gasteiger partial charge in [-0.2, -0.15) is 0 Å². The number of ketones is 1. The Morgan fingerprint density at radius 2 is 1.85 bits per heavy atom. The van der Waals surface area contributed by atoms with Crippen LogP contribution in [0.25, 0.3) is 0 Å². The lowest BCUT2D eigenvalue weighted by atomic mass is 10.1. The number of esters is 1. The highest BCUT2D eigenvalue weighted by molar-refractivity contribution is 6.01. The molecule has 0 spiro atoms. The maximum atomic E-state index is 12.3. The normalized spacial score (nSPS) is 16.6. The fourth-order valence-electron chi connectivity index (χ4n) is 3.17. The summed E-state index contributed by atoms with van der Waals surface area (Å²) in [5.74, 6) is -1.41. The molecular weight excluding hydrogens is 330 g/mol. The second-order valence-electron chi connectivity index (χ2n) is 6.59. The van der Waals surface area contributed by atoms with E-state index in [0.29, 0.717) is 5.56 Å². The van der Waals surface area contributed by atoms with Gasteiger partial charge in [0, 0.05) is 24.2 Å². The largest absolute Gasteiger partial charge is 0.457 e. The number of hydrogen-bond acceptors (Lipinski definition) is 4. The molecule has 5 nitrogen and oxygen atoms in total. The molecule has 1 aliphatic rings. The lowest BCUT2D eigenvalue weighted by Crippen LogP contribution is -2.27. The van der Waals surface area contributed by atoms with Crippen molar-refractivity contribution < 1.29 is 19.1 Å². The minimum absolute atomic E-state index is 0.103. The predicted octanol–water partition coefficient (Wildman–Crippen LogP) is 3.08. The number of carbonyl (C=O) groups excluding carboxylic acids is 3. The topological polar surface area (TPSA) is 63.7 Å². The first-order valence-electron chi connectivity index (χ1n) is 8.58. The molecule has 0 N–H and O–H groups in total. The molecule has 0 aromatic heterocycles. The van der Waals surface area contributed by atoms with Crippen molar-refractivity contribution in [1.29, 1.82) is 0 Å². The van der Waals surface area contributed by atoms with Crippen molar-refractivity contribution in [2.24, 2.45) is 5.92 Å². The monoisotopic (exact) mass is 351 g/mol. The van der Waals surface area contributed by atoms with Gasteiger partial charge in [0.1, 0.15) is 0 Å². The summed E-state index contributed by atoms with van der Waals surface area (Å²) in [6.07, 6.45) is 0.103. The Kier molecular flexibility index (Phi) is 5.16. The Bertz CT molecular complexity index is 844. The highest BCUT2D eigenvalue weighted by Crippen LogP contribution is 2.29. The molecule has 134 valence electrons. The van der Waals surface area contributed by atoms with E-state index in [1.807, 2.05) is 38.1 Å². The number of ether oxygens (including phenoxy) is 1. The summed E-state index contributed by atoms with van der Waals surface area (Å²) in [5, 5.41) is 0. The molecule has 1 heterocycles. The SMILES string of the molecule is Cc1ccc(N2C[C@@H](C(=O)OCC(=O)c3ccccc3)CC2=O)c(C)c1. The summed E-state index contributed by atoms with van der Waals surface area (Å²) in [4.78, 5) is 38.3. The number of hydrogen-bond donors (Lipinski definition) is 0. The van der Waals surface area contributed by atoms with Crippen LogP contribution >= 0.6 is 0 Å². The van der Waals surface area contributed by atoms with E-state index in [1.165, 1.54) is 0 Å². The first-order valence-corrected chi connectivity index (χ1v) is 8.58. The Hall–Kier alpha value is -2.95. The van der Waals surface area contributed by atoms with Crippen LogP contribution in [0.3, 0.4) is 0 Å². The van der Waals surface area contributed by atoms with Crippen LogP contribution in [0.1, 0.15) is 27.9 Å². The molecule has 1 aliphatic heterocycles. The number of anilines is 1. The van der Waals surface area contributed by atoms with Crippen LogP contribution in [-0.4, -0.2) is 30.8 Å². The van der Waals surface area contributed by atoms with Crippen molar-refractivity contribution >= 4 is 23.3 Å². The standard InChI is InChI=1S/C21H21NO4/c1-14-8-9-18(15(2)10-14)22-12-17(11-20(22)24)21(25)26-13-19(23)16-6-4-3-5-7-16/h3-10,17H,11-13H2,1-2H3/t17-/m0/s1. The minimum atomic E-state index is -0.549. The maximum absolute atomic E-state index is 12.3. The van der Waals surface area contributed by atoms with Crippen molar-refractivity contribution in [1.82, 2.24) is 0 Å². The minimum Gasteiger partial charge on any atom is -0.457 e. The summed E-state index contributed by atoms with van der Waals surface area (Å²) in [6.45, 7) is 3.91. The molecule has 1 amide bonds. The lowest BCUT2D eigenvalue weighted by Gasteiger charge is -2.19. The number of carbonyl (C=O) groups is 3. The molecule has 0 aliphatic carbocycles. The van der Waals surface area contributed by atoms with Crippen molar-refractivity contribution in [2.75, 3.05) is 18.1 Å². The molecule has 0 saturated carbocycles.